The molecule has 0 aliphatic rings. The number of H-pyrrole nitrogens is 1. The summed E-state index contributed by atoms with van der Waals surface area (Å²) in [5.41, 5.74) is -0.512. The summed E-state index contributed by atoms with van der Waals surface area (Å²) in [7, 11) is 0. The summed E-state index contributed by atoms with van der Waals surface area (Å²) in [4.78, 5) is 29.6. The van der Waals surface area contributed by atoms with Crippen LogP contribution in [0.2, 0.25) is 0 Å². The Kier molecular flexibility index (Phi) is 2.78. The number of aromatic amines is 1. The average Bonchev–Trinajstić information content (AvgIpc) is 2.29. The molecule has 2 rings (SSSR count). The molecule has 6 heteroatoms. The van der Waals surface area contributed by atoms with Crippen molar-refractivity contribution in [2.24, 2.45) is 0 Å². The van der Waals surface area contributed by atoms with E-state index in [1.54, 1.807) is 6.92 Å². The van der Waals surface area contributed by atoms with E-state index in [4.69, 9.17) is 0 Å². The van der Waals surface area contributed by atoms with Crippen molar-refractivity contribution in [1.82, 2.24) is 15.3 Å². The van der Waals surface area contributed by atoms with E-state index in [-0.39, 0.29) is 11.3 Å². The first kappa shape index (κ1) is 11.1. The zero-order chi connectivity index (χ0) is 12.4. The van der Waals surface area contributed by atoms with Crippen LogP contribution < -0.4 is 10.9 Å². The monoisotopic (exact) mass is 233 g/mol. The molecule has 2 aromatic rings. The van der Waals surface area contributed by atoms with Gasteiger partial charge in [0, 0.05) is 18.1 Å². The third-order valence-electron chi connectivity index (χ3n) is 2.35. The number of aromatic hydroxyl groups is 1. The number of rotatable bonds is 2. The van der Waals surface area contributed by atoms with Crippen molar-refractivity contribution < 1.29 is 9.90 Å². The van der Waals surface area contributed by atoms with E-state index in [0.717, 1.165) is 0 Å². The zero-order valence-electron chi connectivity index (χ0n) is 9.15. The smallest absolute Gasteiger partial charge is 0.265 e. The normalized spacial score (nSPS) is 10.4. The second-order valence-corrected chi connectivity index (χ2v) is 3.46. The number of nitrogens with zero attached hydrogens (tertiary/aromatic N) is 1. The number of fused-ring (bicyclic) bond motifs is 1. The van der Waals surface area contributed by atoms with Gasteiger partial charge in [0.05, 0.1) is 11.7 Å². The van der Waals surface area contributed by atoms with Crippen molar-refractivity contribution in [3.8, 4) is 5.75 Å². The molecule has 3 N–H and O–H groups in total. The van der Waals surface area contributed by atoms with Crippen LogP contribution in [0, 0.1) is 0 Å². The second-order valence-electron chi connectivity index (χ2n) is 3.46. The van der Waals surface area contributed by atoms with E-state index in [1.807, 2.05) is 0 Å². The Morgan fingerprint density at radius 2 is 2.35 bits per heavy atom. The molecule has 0 aliphatic heterocycles. The van der Waals surface area contributed by atoms with Crippen LogP contribution in [0.3, 0.4) is 0 Å². The van der Waals surface area contributed by atoms with Gasteiger partial charge in [0.15, 0.2) is 0 Å². The number of hydrogen-bond donors (Lipinski definition) is 3. The summed E-state index contributed by atoms with van der Waals surface area (Å²) < 4.78 is 0. The molecule has 0 bridgehead atoms. The fraction of sp³-hybridized carbons (Fsp3) is 0.182. The maximum atomic E-state index is 11.7. The van der Waals surface area contributed by atoms with Crippen LogP contribution in [-0.4, -0.2) is 27.5 Å². The van der Waals surface area contributed by atoms with Crippen molar-refractivity contribution in [2.75, 3.05) is 6.54 Å². The molecule has 88 valence electrons. The summed E-state index contributed by atoms with van der Waals surface area (Å²) in [5.74, 6) is -0.915. The van der Waals surface area contributed by atoms with Crippen LogP contribution in [0.4, 0.5) is 0 Å². The number of nitrogens with one attached hydrogen (secondary N) is 2. The van der Waals surface area contributed by atoms with Crippen molar-refractivity contribution in [1.29, 1.82) is 0 Å². The number of carbonyl (C=O) groups is 1. The molecule has 0 radical (unpaired) electrons. The Hall–Kier alpha value is -2.37. The summed E-state index contributed by atoms with van der Waals surface area (Å²) in [5, 5.41) is 12.8. The van der Waals surface area contributed by atoms with Gasteiger partial charge in [-0.05, 0) is 13.0 Å². The van der Waals surface area contributed by atoms with Gasteiger partial charge in [-0.25, -0.2) is 0 Å². The van der Waals surface area contributed by atoms with Gasteiger partial charge in [0.1, 0.15) is 11.3 Å². The van der Waals surface area contributed by atoms with Crippen molar-refractivity contribution >= 4 is 16.8 Å². The number of carbonyl (C=O) groups excluding carboxylic acids is 1. The molecule has 6 nitrogen and oxygen atoms in total. The molecule has 1 amide bonds. The minimum absolute atomic E-state index is 0.273. The lowest BCUT2D eigenvalue weighted by molar-refractivity contribution is 0.0952. The van der Waals surface area contributed by atoms with Crippen LogP contribution in [0.1, 0.15) is 17.3 Å². The highest BCUT2D eigenvalue weighted by atomic mass is 16.3. The predicted molar refractivity (Wildman–Crippen MR) is 62.0 cm³/mol. The van der Waals surface area contributed by atoms with Crippen molar-refractivity contribution in [2.45, 2.75) is 6.92 Å². The number of amides is 1. The van der Waals surface area contributed by atoms with E-state index in [9.17, 15) is 14.7 Å². The highest BCUT2D eigenvalue weighted by Crippen LogP contribution is 2.23. The van der Waals surface area contributed by atoms with Gasteiger partial charge in [-0.15, -0.1) is 0 Å². The lowest BCUT2D eigenvalue weighted by atomic mass is 10.1. The van der Waals surface area contributed by atoms with Gasteiger partial charge in [0.2, 0.25) is 0 Å². The van der Waals surface area contributed by atoms with Gasteiger partial charge >= 0.3 is 0 Å². The van der Waals surface area contributed by atoms with Crippen molar-refractivity contribution in [3.63, 3.8) is 0 Å². The molecule has 2 heterocycles. The van der Waals surface area contributed by atoms with E-state index in [2.05, 4.69) is 15.3 Å². The van der Waals surface area contributed by atoms with Gasteiger partial charge in [-0.2, -0.15) is 0 Å². The Morgan fingerprint density at radius 1 is 1.59 bits per heavy atom. The quantitative estimate of drug-likeness (QED) is 0.698. The minimum atomic E-state index is -0.631. The fourth-order valence-electron chi connectivity index (χ4n) is 1.59. The lowest BCUT2D eigenvalue weighted by Crippen LogP contribution is -2.29. The van der Waals surface area contributed by atoms with Gasteiger partial charge < -0.3 is 15.4 Å². The first-order chi connectivity index (χ1) is 8.15. The number of pyridine rings is 2. The second kappa shape index (κ2) is 4.25. The molecule has 0 aliphatic carbocycles. The summed E-state index contributed by atoms with van der Waals surface area (Å²) in [6, 6.07) is 1.53. The molecule has 0 atom stereocenters. The van der Waals surface area contributed by atoms with Crippen LogP contribution >= 0.6 is 0 Å². The third-order valence-corrected chi connectivity index (χ3v) is 2.35. The number of aromatic nitrogens is 2. The number of hydrogen-bond acceptors (Lipinski definition) is 4. The average molecular weight is 233 g/mol. The highest BCUT2D eigenvalue weighted by Gasteiger charge is 2.18. The lowest BCUT2D eigenvalue weighted by Gasteiger charge is -2.06. The summed E-state index contributed by atoms with van der Waals surface area (Å²) in [6.07, 6.45) is 2.89. The molecule has 0 saturated carbocycles. The largest absolute Gasteiger partial charge is 0.506 e. The Bertz CT molecular complexity index is 633. The minimum Gasteiger partial charge on any atom is -0.506 e. The molecular weight excluding hydrogens is 222 g/mol. The first-order valence-corrected chi connectivity index (χ1v) is 5.12. The van der Waals surface area contributed by atoms with E-state index < -0.39 is 11.5 Å². The van der Waals surface area contributed by atoms with Gasteiger partial charge in [-0.1, -0.05) is 0 Å². The molecular formula is C11H11N3O3. The Labute approximate surface area is 96.3 Å². The topological polar surface area (TPSA) is 95.1 Å². The van der Waals surface area contributed by atoms with Crippen molar-refractivity contribution in [3.05, 3.63) is 34.4 Å². The third kappa shape index (κ3) is 1.84. The van der Waals surface area contributed by atoms with E-state index in [1.165, 1.54) is 18.5 Å². The van der Waals surface area contributed by atoms with Crippen LogP contribution in [0.15, 0.2) is 23.3 Å². The molecule has 17 heavy (non-hydrogen) atoms. The van der Waals surface area contributed by atoms with Crippen LogP contribution in [-0.2, 0) is 0 Å². The van der Waals surface area contributed by atoms with E-state index >= 15 is 0 Å². The maximum absolute atomic E-state index is 11.7. The fourth-order valence-corrected chi connectivity index (χ4v) is 1.59. The standard InChI is InChI=1S/C11H11N3O3/c1-2-13-10(16)8-9(15)6-3-4-12-5-7(6)14-11(8)17/h3-5H,2H2,1H3,(H,13,16)(H2,14,15,17). The molecule has 2 aromatic heterocycles. The predicted octanol–water partition coefficient (Wildman–Crippen LogP) is 0.378. The Balaban J connectivity index is 2.72. The Morgan fingerprint density at radius 3 is 3.06 bits per heavy atom. The SMILES string of the molecule is CCNC(=O)c1c(O)c2ccncc2[nH]c1=O. The van der Waals surface area contributed by atoms with Crippen LogP contribution in [0.5, 0.6) is 5.75 Å². The first-order valence-electron chi connectivity index (χ1n) is 5.12. The molecule has 0 unspecified atom stereocenters. The van der Waals surface area contributed by atoms with Crippen LogP contribution in [0.25, 0.3) is 10.9 Å². The molecule has 0 fully saturated rings. The van der Waals surface area contributed by atoms with E-state index in [0.29, 0.717) is 17.4 Å². The summed E-state index contributed by atoms with van der Waals surface area (Å²) >= 11 is 0. The maximum Gasteiger partial charge on any atom is 0.265 e. The molecule has 0 aromatic carbocycles. The molecule has 0 spiro atoms. The zero-order valence-corrected chi connectivity index (χ0v) is 9.15. The summed E-state index contributed by atoms with van der Waals surface area (Å²) in [6.45, 7) is 2.11. The van der Waals surface area contributed by atoms with Gasteiger partial charge in [-0.3, -0.25) is 14.6 Å². The molecule has 0 saturated heterocycles. The highest BCUT2D eigenvalue weighted by molar-refractivity contribution is 6.01. The van der Waals surface area contributed by atoms with Gasteiger partial charge in [0.25, 0.3) is 11.5 Å².